The predicted octanol–water partition coefficient (Wildman–Crippen LogP) is 4.84. The molecule has 0 saturated carbocycles. The lowest BCUT2D eigenvalue weighted by molar-refractivity contribution is 0.479. The van der Waals surface area contributed by atoms with Crippen LogP contribution in [0.25, 0.3) is 10.8 Å². The van der Waals surface area contributed by atoms with Crippen molar-refractivity contribution >= 4 is 16.6 Å². The molecule has 0 aliphatic rings. The van der Waals surface area contributed by atoms with Crippen LogP contribution in [0.1, 0.15) is 56.4 Å². The smallest absolute Gasteiger partial charge is 0.145 e. The monoisotopic (exact) mass is 325 g/mol. The van der Waals surface area contributed by atoms with E-state index in [-0.39, 0.29) is 5.75 Å². The van der Waals surface area contributed by atoms with E-state index in [0.29, 0.717) is 10.9 Å². The molecule has 1 N–H and O–H groups in total. The Hall–Kier alpha value is -2.28. The lowest BCUT2D eigenvalue weighted by Gasteiger charge is -2.26. The summed E-state index contributed by atoms with van der Waals surface area (Å²) in [7, 11) is 0. The third kappa shape index (κ3) is 3.62. The number of aromatic nitrogens is 1. The quantitative estimate of drug-likeness (QED) is 0.791. The summed E-state index contributed by atoms with van der Waals surface area (Å²) in [5.74, 6) is 0.869. The zero-order chi connectivity index (χ0) is 17.7. The average Bonchev–Trinajstić information content (AvgIpc) is 2.54. The molecule has 1 aromatic carbocycles. The first-order chi connectivity index (χ1) is 11.5. The Morgan fingerprint density at radius 1 is 1.12 bits per heavy atom. The highest BCUT2D eigenvalue weighted by Crippen LogP contribution is 2.37. The first-order valence-corrected chi connectivity index (χ1v) is 8.82. The molecule has 2 aromatic rings. The summed E-state index contributed by atoms with van der Waals surface area (Å²) in [6.07, 6.45) is 4.39. The van der Waals surface area contributed by atoms with Gasteiger partial charge in [0.15, 0.2) is 0 Å². The van der Waals surface area contributed by atoms with Crippen LogP contribution in [0.4, 0.5) is 5.82 Å². The number of rotatable bonds is 7. The highest BCUT2D eigenvalue weighted by atomic mass is 16.3. The molecular weight excluding hydrogens is 298 g/mol. The van der Waals surface area contributed by atoms with E-state index >= 15 is 0 Å². The van der Waals surface area contributed by atoms with Crippen molar-refractivity contribution in [3.8, 4) is 11.8 Å². The Morgan fingerprint density at radius 3 is 2.29 bits per heavy atom. The molecule has 0 aliphatic carbocycles. The summed E-state index contributed by atoms with van der Waals surface area (Å²) in [6, 6.07) is 6.08. The topological polar surface area (TPSA) is 60.2 Å². The van der Waals surface area contributed by atoms with Crippen LogP contribution in [0.2, 0.25) is 0 Å². The zero-order valence-electron chi connectivity index (χ0n) is 15.2. The van der Waals surface area contributed by atoms with Crippen LogP contribution in [0, 0.1) is 25.2 Å². The van der Waals surface area contributed by atoms with Crippen molar-refractivity contribution in [1.82, 2.24) is 4.98 Å². The van der Waals surface area contributed by atoms with Crippen LogP contribution in [0.3, 0.4) is 0 Å². The number of hydrogen-bond acceptors (Lipinski definition) is 4. The number of fused-ring (bicyclic) bond motifs is 1. The summed E-state index contributed by atoms with van der Waals surface area (Å²) in [5, 5.41) is 21.7. The van der Waals surface area contributed by atoms with E-state index in [9.17, 15) is 10.4 Å². The average molecular weight is 325 g/mol. The van der Waals surface area contributed by atoms with Gasteiger partial charge in [-0.15, -0.1) is 0 Å². The third-order valence-corrected chi connectivity index (χ3v) is 4.37. The van der Waals surface area contributed by atoms with Crippen LogP contribution in [0.15, 0.2) is 12.1 Å². The van der Waals surface area contributed by atoms with Crippen molar-refractivity contribution in [3.05, 3.63) is 29.0 Å². The molecule has 0 spiro atoms. The highest BCUT2D eigenvalue weighted by Gasteiger charge is 2.19. The van der Waals surface area contributed by atoms with Crippen molar-refractivity contribution in [2.24, 2.45) is 0 Å². The van der Waals surface area contributed by atoms with Gasteiger partial charge in [0.25, 0.3) is 0 Å². The fourth-order valence-corrected chi connectivity index (χ4v) is 3.05. The van der Waals surface area contributed by atoms with Crippen LogP contribution >= 0.6 is 0 Å². The van der Waals surface area contributed by atoms with Crippen molar-refractivity contribution in [1.29, 1.82) is 5.26 Å². The van der Waals surface area contributed by atoms with Gasteiger partial charge < -0.3 is 10.0 Å². The second kappa shape index (κ2) is 8.01. The molecule has 2 rings (SSSR count). The normalized spacial score (nSPS) is 10.8. The van der Waals surface area contributed by atoms with E-state index in [2.05, 4.69) is 24.8 Å². The molecule has 0 saturated heterocycles. The Balaban J connectivity index is 2.68. The maximum absolute atomic E-state index is 10.7. The molecule has 0 bridgehead atoms. The maximum Gasteiger partial charge on any atom is 0.145 e. The van der Waals surface area contributed by atoms with Gasteiger partial charge in [-0.3, -0.25) is 0 Å². The molecule has 4 heteroatoms. The van der Waals surface area contributed by atoms with E-state index < -0.39 is 0 Å². The number of aryl methyl sites for hydroxylation is 2. The number of nitriles is 1. The van der Waals surface area contributed by atoms with E-state index in [4.69, 9.17) is 4.98 Å². The van der Waals surface area contributed by atoms with Crippen LogP contribution in [-0.2, 0) is 0 Å². The number of hydrogen-bond donors (Lipinski definition) is 1. The van der Waals surface area contributed by atoms with E-state index in [0.717, 1.165) is 61.2 Å². The first-order valence-electron chi connectivity index (χ1n) is 8.82. The Labute approximate surface area is 144 Å². The minimum absolute atomic E-state index is 0.0630. The second-order valence-electron chi connectivity index (χ2n) is 6.41. The summed E-state index contributed by atoms with van der Waals surface area (Å²) >= 11 is 0. The summed E-state index contributed by atoms with van der Waals surface area (Å²) < 4.78 is 0. The number of benzene rings is 1. The maximum atomic E-state index is 10.7. The van der Waals surface area contributed by atoms with Gasteiger partial charge in [0.2, 0.25) is 0 Å². The largest absolute Gasteiger partial charge is 0.506 e. The molecule has 0 amide bonds. The number of aromatic hydroxyl groups is 1. The SMILES string of the molecule is CCCCN(CCCC)c1nc(C)cc2cc(C)c(C#N)c(O)c12. The molecule has 0 aliphatic heterocycles. The number of anilines is 1. The number of phenols is 1. The standard InChI is InChI=1S/C20H27N3O/c1-5-7-9-23(10-8-6-2)20-18-16(12-15(4)22-20)11-14(3)17(13-21)19(18)24/h11-12,24H,5-10H2,1-4H3. The number of pyridine rings is 1. The van der Waals surface area contributed by atoms with E-state index in [1.165, 1.54) is 0 Å². The molecule has 0 radical (unpaired) electrons. The molecule has 4 nitrogen and oxygen atoms in total. The summed E-state index contributed by atoms with van der Waals surface area (Å²) in [4.78, 5) is 6.99. The molecule has 128 valence electrons. The van der Waals surface area contributed by atoms with Crippen molar-refractivity contribution in [2.75, 3.05) is 18.0 Å². The molecule has 0 atom stereocenters. The first kappa shape index (κ1) is 18.1. The Bertz CT molecular complexity index is 754. The Kier molecular flexibility index (Phi) is 6.03. The van der Waals surface area contributed by atoms with Gasteiger partial charge in [0, 0.05) is 18.8 Å². The Morgan fingerprint density at radius 2 is 1.75 bits per heavy atom. The van der Waals surface area contributed by atoms with Crippen LogP contribution in [-0.4, -0.2) is 23.2 Å². The fourth-order valence-electron chi connectivity index (χ4n) is 3.05. The minimum atomic E-state index is 0.0630. The van der Waals surface area contributed by atoms with Gasteiger partial charge in [-0.25, -0.2) is 4.98 Å². The van der Waals surface area contributed by atoms with Gasteiger partial charge in [0.05, 0.1) is 10.9 Å². The fraction of sp³-hybridized carbons (Fsp3) is 0.500. The molecule has 0 fully saturated rings. The van der Waals surface area contributed by atoms with E-state index in [1.807, 2.05) is 26.0 Å². The second-order valence-corrected chi connectivity index (χ2v) is 6.41. The van der Waals surface area contributed by atoms with Gasteiger partial charge in [0.1, 0.15) is 17.6 Å². The molecule has 24 heavy (non-hydrogen) atoms. The molecule has 1 aromatic heterocycles. The van der Waals surface area contributed by atoms with Gasteiger partial charge >= 0.3 is 0 Å². The molecule has 1 heterocycles. The van der Waals surface area contributed by atoms with Gasteiger partial charge in [-0.05, 0) is 49.8 Å². The highest BCUT2D eigenvalue weighted by molar-refractivity contribution is 5.99. The summed E-state index contributed by atoms with van der Waals surface area (Å²) in [6.45, 7) is 10.0. The predicted molar refractivity (Wildman–Crippen MR) is 99.6 cm³/mol. The van der Waals surface area contributed by atoms with Crippen molar-refractivity contribution in [3.63, 3.8) is 0 Å². The number of phenolic OH excluding ortho intramolecular Hbond substituents is 1. The number of nitrogens with zero attached hydrogens (tertiary/aromatic N) is 3. The third-order valence-electron chi connectivity index (χ3n) is 4.37. The minimum Gasteiger partial charge on any atom is -0.506 e. The van der Waals surface area contributed by atoms with E-state index in [1.54, 1.807) is 0 Å². The van der Waals surface area contributed by atoms with Gasteiger partial charge in [-0.2, -0.15) is 5.26 Å². The van der Waals surface area contributed by atoms with Gasteiger partial charge in [-0.1, -0.05) is 26.7 Å². The zero-order valence-corrected chi connectivity index (χ0v) is 15.2. The van der Waals surface area contributed by atoms with Crippen molar-refractivity contribution < 1.29 is 5.11 Å². The van der Waals surface area contributed by atoms with Crippen molar-refractivity contribution in [2.45, 2.75) is 53.4 Å². The molecular formula is C20H27N3O. The van der Waals surface area contributed by atoms with Crippen LogP contribution < -0.4 is 4.90 Å². The lowest BCUT2D eigenvalue weighted by Crippen LogP contribution is -2.27. The lowest BCUT2D eigenvalue weighted by atomic mass is 10.0. The number of unbranched alkanes of at least 4 members (excludes halogenated alkanes) is 2. The molecule has 0 unspecified atom stereocenters. The summed E-state index contributed by atoms with van der Waals surface area (Å²) in [5.41, 5.74) is 2.08. The van der Waals surface area contributed by atoms with Crippen LogP contribution in [0.5, 0.6) is 5.75 Å².